The highest BCUT2D eigenvalue weighted by Gasteiger charge is 2.12. The van der Waals surface area contributed by atoms with E-state index in [0.717, 1.165) is 30.7 Å². The number of anilines is 1. The number of benzene rings is 1. The van der Waals surface area contributed by atoms with Crippen LogP contribution >= 0.6 is 31.9 Å². The van der Waals surface area contributed by atoms with Gasteiger partial charge in [-0.1, -0.05) is 15.9 Å². The lowest BCUT2D eigenvalue weighted by atomic mass is 10.2. The summed E-state index contributed by atoms with van der Waals surface area (Å²) in [4.78, 5) is 2.43. The zero-order valence-electron chi connectivity index (χ0n) is 8.47. The number of hydrogen-bond donors (Lipinski definition) is 1. The summed E-state index contributed by atoms with van der Waals surface area (Å²) in [5.74, 6) is 0. The maximum Gasteiger partial charge on any atom is 0.0522 e. The Bertz CT molecular complexity index is 333. The van der Waals surface area contributed by atoms with Crippen molar-refractivity contribution in [1.82, 2.24) is 5.32 Å². The fourth-order valence-corrected chi connectivity index (χ4v) is 2.66. The Balaban J connectivity index is 2.22. The maximum absolute atomic E-state index is 3.61. The zero-order chi connectivity index (χ0) is 10.7. The SMILES string of the molecule is Brc1ccc(Br)c(N2CCCNCC2)c1. The van der Waals surface area contributed by atoms with Crippen LogP contribution in [-0.4, -0.2) is 26.2 Å². The van der Waals surface area contributed by atoms with Gasteiger partial charge in [0, 0.05) is 28.6 Å². The number of hydrogen-bond acceptors (Lipinski definition) is 2. The average Bonchev–Trinajstić information content (AvgIpc) is 2.50. The van der Waals surface area contributed by atoms with Crippen LogP contribution in [0.2, 0.25) is 0 Å². The largest absolute Gasteiger partial charge is 0.369 e. The molecule has 1 aromatic rings. The molecule has 0 atom stereocenters. The molecule has 0 saturated carbocycles. The van der Waals surface area contributed by atoms with E-state index in [9.17, 15) is 0 Å². The molecular formula is C11H14Br2N2. The van der Waals surface area contributed by atoms with Gasteiger partial charge in [-0.05, 0) is 47.1 Å². The molecule has 1 aromatic carbocycles. The van der Waals surface area contributed by atoms with E-state index in [1.165, 1.54) is 16.6 Å². The molecule has 1 aliphatic rings. The van der Waals surface area contributed by atoms with E-state index >= 15 is 0 Å². The molecule has 1 saturated heterocycles. The highest BCUT2D eigenvalue weighted by molar-refractivity contribution is 9.11. The van der Waals surface area contributed by atoms with Crippen LogP contribution in [0.25, 0.3) is 0 Å². The smallest absolute Gasteiger partial charge is 0.0522 e. The summed E-state index contributed by atoms with van der Waals surface area (Å²) in [7, 11) is 0. The third kappa shape index (κ3) is 2.95. The first-order valence-electron chi connectivity index (χ1n) is 5.18. The van der Waals surface area contributed by atoms with Crippen LogP contribution in [0.5, 0.6) is 0 Å². The molecule has 2 nitrogen and oxygen atoms in total. The Morgan fingerprint density at radius 3 is 2.87 bits per heavy atom. The van der Waals surface area contributed by atoms with Crippen LogP contribution < -0.4 is 10.2 Å². The number of rotatable bonds is 1. The van der Waals surface area contributed by atoms with Gasteiger partial charge in [0.2, 0.25) is 0 Å². The minimum atomic E-state index is 1.07. The fourth-order valence-electron chi connectivity index (χ4n) is 1.81. The van der Waals surface area contributed by atoms with Gasteiger partial charge < -0.3 is 10.2 Å². The Kier molecular flexibility index (Phi) is 4.05. The van der Waals surface area contributed by atoms with Gasteiger partial charge in [-0.3, -0.25) is 0 Å². The van der Waals surface area contributed by atoms with Crippen molar-refractivity contribution in [3.8, 4) is 0 Å². The van der Waals surface area contributed by atoms with Crippen molar-refractivity contribution in [3.05, 3.63) is 27.1 Å². The van der Waals surface area contributed by atoms with Crippen LogP contribution in [0.1, 0.15) is 6.42 Å². The maximum atomic E-state index is 3.61. The first-order valence-corrected chi connectivity index (χ1v) is 6.77. The van der Waals surface area contributed by atoms with Gasteiger partial charge in [0.15, 0.2) is 0 Å². The summed E-state index contributed by atoms with van der Waals surface area (Å²) in [5, 5.41) is 3.41. The van der Waals surface area contributed by atoms with Gasteiger partial charge in [0.25, 0.3) is 0 Å². The van der Waals surface area contributed by atoms with Crippen molar-refractivity contribution in [2.75, 3.05) is 31.1 Å². The Morgan fingerprint density at radius 2 is 2.00 bits per heavy atom. The summed E-state index contributed by atoms with van der Waals surface area (Å²) in [5.41, 5.74) is 1.29. The van der Waals surface area contributed by atoms with E-state index in [2.05, 4.69) is 60.3 Å². The molecule has 4 heteroatoms. The van der Waals surface area contributed by atoms with Gasteiger partial charge in [-0.25, -0.2) is 0 Å². The Morgan fingerprint density at radius 1 is 1.13 bits per heavy atom. The van der Waals surface area contributed by atoms with Crippen LogP contribution in [0, 0.1) is 0 Å². The molecule has 0 amide bonds. The van der Waals surface area contributed by atoms with E-state index in [-0.39, 0.29) is 0 Å². The lowest BCUT2D eigenvalue weighted by molar-refractivity contribution is 0.724. The predicted octanol–water partition coefficient (Wildman–Crippen LogP) is 3.01. The lowest BCUT2D eigenvalue weighted by Crippen LogP contribution is -2.28. The molecule has 0 aromatic heterocycles. The van der Waals surface area contributed by atoms with Gasteiger partial charge in [-0.15, -0.1) is 0 Å². The monoisotopic (exact) mass is 332 g/mol. The summed E-state index contributed by atoms with van der Waals surface area (Å²) < 4.78 is 2.31. The summed E-state index contributed by atoms with van der Waals surface area (Å²) in [6.07, 6.45) is 1.21. The Hall–Kier alpha value is -0.0600. The normalized spacial score (nSPS) is 17.6. The standard InChI is InChI=1S/C11H14Br2N2/c12-9-2-3-10(13)11(8-9)15-6-1-4-14-5-7-15/h2-3,8,14H,1,4-7H2. The topological polar surface area (TPSA) is 15.3 Å². The summed E-state index contributed by atoms with van der Waals surface area (Å²) in [6.45, 7) is 4.40. The van der Waals surface area contributed by atoms with Crippen molar-refractivity contribution in [2.24, 2.45) is 0 Å². The van der Waals surface area contributed by atoms with Crippen molar-refractivity contribution >= 4 is 37.5 Å². The van der Waals surface area contributed by atoms with E-state index in [0.29, 0.717) is 0 Å². The predicted molar refractivity (Wildman–Crippen MR) is 71.5 cm³/mol. The second kappa shape index (κ2) is 5.32. The van der Waals surface area contributed by atoms with Crippen LogP contribution in [0.3, 0.4) is 0 Å². The molecule has 1 aliphatic heterocycles. The Labute approximate surface area is 107 Å². The molecule has 2 rings (SSSR count). The molecule has 1 fully saturated rings. The zero-order valence-corrected chi connectivity index (χ0v) is 11.6. The van der Waals surface area contributed by atoms with Gasteiger partial charge >= 0.3 is 0 Å². The van der Waals surface area contributed by atoms with E-state index in [4.69, 9.17) is 0 Å². The molecule has 1 heterocycles. The van der Waals surface area contributed by atoms with Crippen LogP contribution in [-0.2, 0) is 0 Å². The molecule has 0 radical (unpaired) electrons. The van der Waals surface area contributed by atoms with E-state index in [1.807, 2.05) is 0 Å². The van der Waals surface area contributed by atoms with E-state index < -0.39 is 0 Å². The van der Waals surface area contributed by atoms with Gasteiger partial charge in [0.05, 0.1) is 5.69 Å². The van der Waals surface area contributed by atoms with E-state index in [1.54, 1.807) is 0 Å². The van der Waals surface area contributed by atoms with Gasteiger partial charge in [-0.2, -0.15) is 0 Å². The molecule has 0 bridgehead atoms. The first kappa shape index (κ1) is 11.4. The molecule has 0 unspecified atom stereocenters. The van der Waals surface area contributed by atoms with Crippen molar-refractivity contribution in [3.63, 3.8) is 0 Å². The molecule has 0 aliphatic carbocycles. The number of nitrogens with one attached hydrogen (secondary N) is 1. The summed E-state index contributed by atoms with van der Waals surface area (Å²) >= 11 is 7.13. The van der Waals surface area contributed by atoms with Crippen molar-refractivity contribution < 1.29 is 0 Å². The lowest BCUT2D eigenvalue weighted by Gasteiger charge is -2.23. The molecular weight excluding hydrogens is 320 g/mol. The highest BCUT2D eigenvalue weighted by atomic mass is 79.9. The molecule has 15 heavy (non-hydrogen) atoms. The van der Waals surface area contributed by atoms with Crippen molar-refractivity contribution in [2.45, 2.75) is 6.42 Å². The van der Waals surface area contributed by atoms with Crippen LogP contribution in [0.4, 0.5) is 5.69 Å². The molecule has 1 N–H and O–H groups in total. The second-order valence-corrected chi connectivity index (χ2v) is 5.46. The third-order valence-electron chi connectivity index (χ3n) is 2.59. The first-order chi connectivity index (χ1) is 7.27. The van der Waals surface area contributed by atoms with Gasteiger partial charge in [0.1, 0.15) is 0 Å². The molecule has 0 spiro atoms. The van der Waals surface area contributed by atoms with Crippen molar-refractivity contribution in [1.29, 1.82) is 0 Å². The summed E-state index contributed by atoms with van der Waals surface area (Å²) in [6, 6.07) is 6.33. The quantitative estimate of drug-likeness (QED) is 0.849. The second-order valence-electron chi connectivity index (χ2n) is 3.69. The average molecular weight is 334 g/mol. The number of nitrogens with zero attached hydrogens (tertiary/aromatic N) is 1. The minimum Gasteiger partial charge on any atom is -0.369 e. The minimum absolute atomic E-state index is 1.07. The fraction of sp³-hybridized carbons (Fsp3) is 0.455. The van der Waals surface area contributed by atoms with Crippen LogP contribution in [0.15, 0.2) is 27.1 Å². The number of halogens is 2. The third-order valence-corrected chi connectivity index (χ3v) is 3.75. The molecule has 82 valence electrons. The highest BCUT2D eigenvalue weighted by Crippen LogP contribution is 2.29.